The van der Waals surface area contributed by atoms with Gasteiger partial charge in [0.2, 0.25) is 0 Å². The lowest BCUT2D eigenvalue weighted by atomic mass is 10.3. The van der Waals surface area contributed by atoms with Crippen LogP contribution in [0.3, 0.4) is 0 Å². The van der Waals surface area contributed by atoms with Crippen molar-refractivity contribution in [2.45, 2.75) is 6.92 Å². The van der Waals surface area contributed by atoms with Crippen molar-refractivity contribution in [3.05, 3.63) is 30.3 Å². The third-order valence-electron chi connectivity index (χ3n) is 1.98. The van der Waals surface area contributed by atoms with Gasteiger partial charge in [0.05, 0.1) is 6.61 Å². The molecule has 2 rings (SSSR count). The number of hydrogen-bond acceptors (Lipinski definition) is 6. The molecule has 0 amide bonds. The van der Waals surface area contributed by atoms with E-state index in [-0.39, 0.29) is 6.61 Å². The van der Waals surface area contributed by atoms with Gasteiger partial charge in [-0.25, -0.2) is 4.18 Å². The van der Waals surface area contributed by atoms with E-state index in [1.165, 1.54) is 6.92 Å². The SMILES string of the molecule is C1CNCCN1.CCOS(=O)(=O)O.Oc1ccccc1. The summed E-state index contributed by atoms with van der Waals surface area (Å²) in [4.78, 5) is 0. The predicted molar refractivity (Wildman–Crippen MR) is 77.0 cm³/mol. The molecule has 0 atom stereocenters. The first-order valence-corrected chi connectivity index (χ1v) is 7.59. The zero-order chi connectivity index (χ0) is 15.3. The normalized spacial score (nSPS) is 14.3. The molecule has 1 aliphatic heterocycles. The van der Waals surface area contributed by atoms with Crippen LogP contribution in [0.15, 0.2) is 30.3 Å². The van der Waals surface area contributed by atoms with Crippen molar-refractivity contribution in [1.82, 2.24) is 10.6 Å². The van der Waals surface area contributed by atoms with Gasteiger partial charge in [0.15, 0.2) is 0 Å². The van der Waals surface area contributed by atoms with Gasteiger partial charge >= 0.3 is 10.4 Å². The van der Waals surface area contributed by atoms with Gasteiger partial charge in [-0.3, -0.25) is 4.55 Å². The second-order valence-corrected chi connectivity index (χ2v) is 4.76. The summed E-state index contributed by atoms with van der Waals surface area (Å²) in [6, 6.07) is 8.71. The van der Waals surface area contributed by atoms with Crippen molar-refractivity contribution < 1.29 is 22.3 Å². The summed E-state index contributed by atoms with van der Waals surface area (Å²) in [5, 5.41) is 15.1. The van der Waals surface area contributed by atoms with Crippen molar-refractivity contribution in [1.29, 1.82) is 0 Å². The van der Waals surface area contributed by atoms with Crippen molar-refractivity contribution in [2.75, 3.05) is 32.8 Å². The van der Waals surface area contributed by atoms with Crippen molar-refractivity contribution >= 4 is 10.4 Å². The predicted octanol–water partition coefficient (Wildman–Crippen LogP) is 0.397. The van der Waals surface area contributed by atoms with Crippen LogP contribution in [0.25, 0.3) is 0 Å². The molecular formula is C12H22N2O5S. The van der Waals surface area contributed by atoms with Gasteiger partial charge in [-0.1, -0.05) is 18.2 Å². The number of phenolic OH excluding ortho intramolecular Hbond substituents is 1. The Morgan fingerprint density at radius 2 is 1.55 bits per heavy atom. The fraction of sp³-hybridized carbons (Fsp3) is 0.500. The van der Waals surface area contributed by atoms with E-state index in [1.807, 2.05) is 6.07 Å². The van der Waals surface area contributed by atoms with Crippen LogP contribution in [0.2, 0.25) is 0 Å². The van der Waals surface area contributed by atoms with E-state index in [2.05, 4.69) is 14.8 Å². The standard InChI is InChI=1S/C6H6O.C4H10N2.C2H6O4S/c7-6-4-2-1-3-5-6;1-2-6-4-3-5-1;1-2-6-7(3,4)5/h1-5,7H;5-6H,1-4H2;2H2,1H3,(H,3,4,5). The first-order valence-electron chi connectivity index (χ1n) is 6.23. The molecule has 0 unspecified atom stereocenters. The topological polar surface area (TPSA) is 108 Å². The van der Waals surface area contributed by atoms with Crippen LogP contribution < -0.4 is 10.6 Å². The highest BCUT2D eigenvalue weighted by Crippen LogP contribution is 2.02. The summed E-state index contributed by atoms with van der Waals surface area (Å²) in [5.74, 6) is 0.322. The fourth-order valence-electron chi connectivity index (χ4n) is 1.18. The Morgan fingerprint density at radius 3 is 1.70 bits per heavy atom. The van der Waals surface area contributed by atoms with Crippen LogP contribution in [0.1, 0.15) is 6.92 Å². The van der Waals surface area contributed by atoms with Crippen LogP contribution in [0.5, 0.6) is 5.75 Å². The molecule has 0 radical (unpaired) electrons. The van der Waals surface area contributed by atoms with E-state index in [0.29, 0.717) is 5.75 Å². The van der Waals surface area contributed by atoms with Gasteiger partial charge < -0.3 is 15.7 Å². The minimum Gasteiger partial charge on any atom is -0.508 e. The highest BCUT2D eigenvalue weighted by molar-refractivity contribution is 7.80. The summed E-state index contributed by atoms with van der Waals surface area (Å²) < 4.78 is 30.7. The lowest BCUT2D eigenvalue weighted by Gasteiger charge is -2.11. The van der Waals surface area contributed by atoms with E-state index < -0.39 is 10.4 Å². The summed E-state index contributed by atoms with van der Waals surface area (Å²) >= 11 is 0. The molecule has 8 heteroatoms. The fourth-order valence-corrected chi connectivity index (χ4v) is 1.48. The average Bonchev–Trinajstić information content (AvgIpc) is 2.42. The molecule has 4 N–H and O–H groups in total. The first-order chi connectivity index (χ1) is 9.45. The summed E-state index contributed by atoms with van der Waals surface area (Å²) in [7, 11) is -4.17. The minimum absolute atomic E-state index is 0.0289. The largest absolute Gasteiger partial charge is 0.508 e. The quantitative estimate of drug-likeness (QED) is 0.586. The number of aromatic hydroxyl groups is 1. The van der Waals surface area contributed by atoms with E-state index in [0.717, 1.165) is 26.2 Å². The van der Waals surface area contributed by atoms with Gasteiger partial charge in [-0.2, -0.15) is 8.42 Å². The molecule has 0 bridgehead atoms. The number of nitrogens with one attached hydrogen (secondary N) is 2. The Kier molecular flexibility index (Phi) is 10.9. The Bertz CT molecular complexity index is 409. The number of rotatable bonds is 2. The molecular weight excluding hydrogens is 284 g/mol. The highest BCUT2D eigenvalue weighted by atomic mass is 32.3. The maximum Gasteiger partial charge on any atom is 0.397 e. The van der Waals surface area contributed by atoms with Gasteiger partial charge in [-0.05, 0) is 19.1 Å². The molecule has 0 aromatic heterocycles. The molecule has 7 nitrogen and oxygen atoms in total. The zero-order valence-electron chi connectivity index (χ0n) is 11.4. The third kappa shape index (κ3) is 14.9. The van der Waals surface area contributed by atoms with Crippen LogP contribution >= 0.6 is 0 Å². The zero-order valence-corrected chi connectivity index (χ0v) is 12.3. The van der Waals surface area contributed by atoms with Gasteiger partial charge in [0.25, 0.3) is 0 Å². The number of benzene rings is 1. The molecule has 1 aliphatic rings. The lowest BCUT2D eigenvalue weighted by Crippen LogP contribution is -2.39. The molecule has 20 heavy (non-hydrogen) atoms. The number of phenols is 1. The van der Waals surface area contributed by atoms with Crippen molar-refractivity contribution in [3.8, 4) is 5.75 Å². The Hall–Kier alpha value is -1.19. The molecule has 1 aromatic carbocycles. The summed E-state index contributed by atoms with van der Waals surface area (Å²) in [6.45, 7) is 5.99. The van der Waals surface area contributed by atoms with Gasteiger partial charge in [0.1, 0.15) is 5.75 Å². The lowest BCUT2D eigenvalue weighted by molar-refractivity contribution is 0.283. The minimum atomic E-state index is -4.17. The second-order valence-electron chi connectivity index (χ2n) is 3.67. The maximum atomic E-state index is 9.56. The van der Waals surface area contributed by atoms with Crippen LogP contribution in [0.4, 0.5) is 0 Å². The smallest absolute Gasteiger partial charge is 0.397 e. The van der Waals surface area contributed by atoms with Crippen molar-refractivity contribution in [2.24, 2.45) is 0 Å². The first kappa shape index (κ1) is 18.8. The molecule has 1 heterocycles. The Morgan fingerprint density at radius 1 is 1.10 bits per heavy atom. The summed E-state index contributed by atoms with van der Waals surface area (Å²) in [5.41, 5.74) is 0. The molecule has 116 valence electrons. The van der Waals surface area contributed by atoms with E-state index in [1.54, 1.807) is 24.3 Å². The Labute approximate surface area is 119 Å². The van der Waals surface area contributed by atoms with Crippen LogP contribution in [-0.4, -0.2) is 50.9 Å². The third-order valence-corrected chi connectivity index (χ3v) is 2.51. The van der Waals surface area contributed by atoms with Crippen LogP contribution in [-0.2, 0) is 14.6 Å². The molecule has 1 fully saturated rings. The van der Waals surface area contributed by atoms with Crippen molar-refractivity contribution in [3.63, 3.8) is 0 Å². The summed E-state index contributed by atoms with van der Waals surface area (Å²) in [6.07, 6.45) is 0. The monoisotopic (exact) mass is 306 g/mol. The van der Waals surface area contributed by atoms with Gasteiger partial charge in [-0.15, -0.1) is 0 Å². The molecule has 1 aromatic rings. The second kappa shape index (κ2) is 11.6. The van der Waals surface area contributed by atoms with Gasteiger partial charge in [0, 0.05) is 26.2 Å². The number of piperazine rings is 1. The molecule has 0 spiro atoms. The van der Waals surface area contributed by atoms with E-state index in [4.69, 9.17) is 9.66 Å². The Balaban J connectivity index is 0.000000271. The van der Waals surface area contributed by atoms with E-state index >= 15 is 0 Å². The van der Waals surface area contributed by atoms with Crippen LogP contribution in [0, 0.1) is 0 Å². The maximum absolute atomic E-state index is 9.56. The average molecular weight is 306 g/mol. The molecule has 0 aliphatic carbocycles. The molecule has 0 saturated carbocycles. The molecule has 1 saturated heterocycles. The highest BCUT2D eigenvalue weighted by Gasteiger charge is 1.98. The number of hydrogen-bond donors (Lipinski definition) is 4. The van der Waals surface area contributed by atoms with E-state index in [9.17, 15) is 8.42 Å². The number of para-hydroxylation sites is 1.